The molecule has 0 spiro atoms. The highest BCUT2D eigenvalue weighted by atomic mass is 16.5. The van der Waals surface area contributed by atoms with Gasteiger partial charge in [-0.1, -0.05) is 5.92 Å². The smallest absolute Gasteiger partial charge is 0.140 e. The molecule has 2 heteroatoms. The molecule has 0 radical (unpaired) electrons. The highest BCUT2D eigenvalue weighted by Gasteiger charge is 2.07. The van der Waals surface area contributed by atoms with Gasteiger partial charge in [-0.25, -0.2) is 0 Å². The molecule has 2 atom stereocenters. The minimum Gasteiger partial charge on any atom is -0.378 e. The molecule has 0 bridgehead atoms. The number of ether oxygens (including phenoxy) is 1. The first-order valence-electron chi connectivity index (χ1n) is 2.39. The average molecular weight is 114 g/mol. The Morgan fingerprint density at radius 3 is 2.38 bits per heavy atom. The van der Waals surface area contributed by atoms with Gasteiger partial charge < -0.3 is 9.84 Å². The van der Waals surface area contributed by atoms with E-state index in [1.54, 1.807) is 6.92 Å². The van der Waals surface area contributed by atoms with Gasteiger partial charge in [0.2, 0.25) is 0 Å². The number of rotatable bonds is 2. The third-order valence-electron chi connectivity index (χ3n) is 0.987. The monoisotopic (exact) mass is 114 g/mol. The van der Waals surface area contributed by atoms with Gasteiger partial charge in [-0.15, -0.1) is 6.42 Å². The second-order valence-corrected chi connectivity index (χ2v) is 1.55. The van der Waals surface area contributed by atoms with Crippen molar-refractivity contribution in [1.29, 1.82) is 0 Å². The molecule has 2 unspecified atom stereocenters. The molecule has 0 saturated carbocycles. The summed E-state index contributed by atoms with van der Waals surface area (Å²) < 4.78 is 4.71. The van der Waals surface area contributed by atoms with Gasteiger partial charge in [0.25, 0.3) is 0 Å². The number of terminal acetylenes is 1. The van der Waals surface area contributed by atoms with Gasteiger partial charge in [-0.05, 0) is 6.92 Å². The first kappa shape index (κ1) is 7.48. The lowest BCUT2D eigenvalue weighted by Gasteiger charge is -2.09. The maximum atomic E-state index is 8.77. The molecule has 0 aliphatic rings. The molecule has 0 aliphatic carbocycles. The Morgan fingerprint density at radius 1 is 1.75 bits per heavy atom. The predicted molar refractivity (Wildman–Crippen MR) is 31.3 cm³/mol. The Balaban J connectivity index is 3.49. The first-order chi connectivity index (χ1) is 3.72. The topological polar surface area (TPSA) is 29.5 Å². The van der Waals surface area contributed by atoms with E-state index >= 15 is 0 Å². The fourth-order valence-electron chi connectivity index (χ4n) is 0.264. The van der Waals surface area contributed by atoms with Gasteiger partial charge in [0.05, 0.1) is 6.10 Å². The zero-order valence-corrected chi connectivity index (χ0v) is 5.09. The van der Waals surface area contributed by atoms with Gasteiger partial charge in [-0.3, -0.25) is 0 Å². The summed E-state index contributed by atoms with van der Waals surface area (Å²) in [6.07, 6.45) is 3.83. The van der Waals surface area contributed by atoms with E-state index in [0.717, 1.165) is 0 Å². The molecular weight excluding hydrogens is 104 g/mol. The van der Waals surface area contributed by atoms with E-state index in [1.807, 2.05) is 0 Å². The molecule has 0 heterocycles. The molecule has 1 N–H and O–H groups in total. The number of hydrogen-bond donors (Lipinski definition) is 1. The van der Waals surface area contributed by atoms with E-state index in [2.05, 4.69) is 5.92 Å². The molecule has 2 nitrogen and oxygen atoms in total. The first-order valence-corrected chi connectivity index (χ1v) is 2.39. The molecule has 0 aromatic carbocycles. The minimum absolute atomic E-state index is 0.264. The predicted octanol–water partition coefficient (Wildman–Crippen LogP) is 0.0154. The van der Waals surface area contributed by atoms with Crippen LogP contribution in [-0.2, 0) is 4.74 Å². The highest BCUT2D eigenvalue weighted by Crippen LogP contribution is 1.93. The van der Waals surface area contributed by atoms with Crippen molar-refractivity contribution in [1.82, 2.24) is 0 Å². The van der Waals surface area contributed by atoms with Crippen molar-refractivity contribution in [3.8, 4) is 12.3 Å². The Bertz CT molecular complexity index is 93.2. The molecule has 8 heavy (non-hydrogen) atoms. The molecule has 46 valence electrons. The van der Waals surface area contributed by atoms with E-state index in [-0.39, 0.29) is 6.10 Å². The molecule has 0 aromatic heterocycles. The van der Waals surface area contributed by atoms with Gasteiger partial charge in [0.1, 0.15) is 6.10 Å². The van der Waals surface area contributed by atoms with E-state index in [9.17, 15) is 0 Å². The summed E-state index contributed by atoms with van der Waals surface area (Å²) in [7, 11) is 1.51. The SMILES string of the molecule is C#CC(O)C(C)OC. The third-order valence-corrected chi connectivity index (χ3v) is 0.987. The van der Waals surface area contributed by atoms with Crippen LogP contribution in [0.25, 0.3) is 0 Å². The molecule has 0 rings (SSSR count). The summed E-state index contributed by atoms with van der Waals surface area (Å²) in [5, 5.41) is 8.77. The standard InChI is InChI=1S/C6H10O2/c1-4-6(7)5(2)8-3/h1,5-7H,2-3H3. The molecular formula is C6H10O2. The van der Waals surface area contributed by atoms with Crippen LogP contribution in [0.4, 0.5) is 0 Å². The average Bonchev–Trinajstić information content (AvgIpc) is 1.84. The van der Waals surface area contributed by atoms with Crippen LogP contribution in [0.15, 0.2) is 0 Å². The molecule has 0 saturated heterocycles. The van der Waals surface area contributed by atoms with E-state index in [1.165, 1.54) is 7.11 Å². The fourth-order valence-corrected chi connectivity index (χ4v) is 0.264. The van der Waals surface area contributed by atoms with E-state index in [0.29, 0.717) is 0 Å². The van der Waals surface area contributed by atoms with Gasteiger partial charge >= 0.3 is 0 Å². The van der Waals surface area contributed by atoms with Crippen LogP contribution in [0.1, 0.15) is 6.92 Å². The van der Waals surface area contributed by atoms with Crippen molar-refractivity contribution < 1.29 is 9.84 Å². The third kappa shape index (κ3) is 1.97. The Labute approximate surface area is 49.5 Å². The second kappa shape index (κ2) is 3.48. The lowest BCUT2D eigenvalue weighted by atomic mass is 10.2. The van der Waals surface area contributed by atoms with Crippen LogP contribution in [0, 0.1) is 12.3 Å². The Kier molecular flexibility index (Phi) is 3.25. The molecule has 0 fully saturated rings. The number of methoxy groups -OCH3 is 1. The van der Waals surface area contributed by atoms with Crippen LogP contribution in [-0.4, -0.2) is 24.4 Å². The molecule has 0 aromatic rings. The van der Waals surface area contributed by atoms with E-state index < -0.39 is 6.10 Å². The van der Waals surface area contributed by atoms with Crippen molar-refractivity contribution >= 4 is 0 Å². The molecule has 0 amide bonds. The number of aliphatic hydroxyl groups is 1. The van der Waals surface area contributed by atoms with Crippen molar-refractivity contribution in [3.63, 3.8) is 0 Å². The maximum absolute atomic E-state index is 8.77. The van der Waals surface area contributed by atoms with Crippen LogP contribution in [0.3, 0.4) is 0 Å². The summed E-state index contributed by atoms with van der Waals surface area (Å²) in [4.78, 5) is 0. The second-order valence-electron chi connectivity index (χ2n) is 1.55. The minimum atomic E-state index is -0.778. The highest BCUT2D eigenvalue weighted by molar-refractivity contribution is 4.96. The maximum Gasteiger partial charge on any atom is 0.140 e. The van der Waals surface area contributed by atoms with Crippen LogP contribution < -0.4 is 0 Å². The number of hydrogen-bond acceptors (Lipinski definition) is 2. The van der Waals surface area contributed by atoms with Gasteiger partial charge in [0.15, 0.2) is 0 Å². The zero-order chi connectivity index (χ0) is 6.57. The van der Waals surface area contributed by atoms with Crippen LogP contribution >= 0.6 is 0 Å². The largest absolute Gasteiger partial charge is 0.378 e. The summed E-state index contributed by atoms with van der Waals surface area (Å²) in [6.45, 7) is 1.71. The Hall–Kier alpha value is -0.520. The van der Waals surface area contributed by atoms with Crippen LogP contribution in [0.5, 0.6) is 0 Å². The quantitative estimate of drug-likeness (QED) is 0.513. The van der Waals surface area contributed by atoms with Crippen molar-refractivity contribution in [2.75, 3.05) is 7.11 Å². The normalized spacial score (nSPS) is 16.8. The summed E-state index contributed by atoms with van der Waals surface area (Å²) >= 11 is 0. The number of aliphatic hydroxyl groups excluding tert-OH is 1. The van der Waals surface area contributed by atoms with Crippen LogP contribution in [0.2, 0.25) is 0 Å². The zero-order valence-electron chi connectivity index (χ0n) is 5.09. The van der Waals surface area contributed by atoms with Gasteiger partial charge in [0, 0.05) is 7.11 Å². The molecule has 0 aliphatic heterocycles. The summed E-state index contributed by atoms with van der Waals surface area (Å²) in [5.74, 6) is 2.15. The van der Waals surface area contributed by atoms with Crippen molar-refractivity contribution in [3.05, 3.63) is 0 Å². The van der Waals surface area contributed by atoms with E-state index in [4.69, 9.17) is 16.3 Å². The lowest BCUT2D eigenvalue weighted by Crippen LogP contribution is -2.22. The van der Waals surface area contributed by atoms with Gasteiger partial charge in [-0.2, -0.15) is 0 Å². The fraction of sp³-hybridized carbons (Fsp3) is 0.667. The van der Waals surface area contributed by atoms with Crippen molar-refractivity contribution in [2.24, 2.45) is 0 Å². The summed E-state index contributed by atoms with van der Waals surface area (Å²) in [6, 6.07) is 0. The lowest BCUT2D eigenvalue weighted by molar-refractivity contribution is 0.0293. The Morgan fingerprint density at radius 2 is 2.25 bits per heavy atom. The van der Waals surface area contributed by atoms with Crippen molar-refractivity contribution in [2.45, 2.75) is 19.1 Å². The summed E-state index contributed by atoms with van der Waals surface area (Å²) in [5.41, 5.74) is 0.